The minimum atomic E-state index is 0.281. The fraction of sp³-hybridized carbons (Fsp3) is 0.812. The summed E-state index contributed by atoms with van der Waals surface area (Å²) in [5.74, 6) is 0.674. The summed E-state index contributed by atoms with van der Waals surface area (Å²) in [5.41, 5.74) is 1.46. The molecule has 0 saturated carbocycles. The molecule has 0 spiro atoms. The third-order valence-corrected chi connectivity index (χ3v) is 5.02. The van der Waals surface area contributed by atoms with Crippen LogP contribution in [0.15, 0.2) is 12.3 Å². The molecule has 1 atom stereocenters. The molecule has 114 valence electrons. The molecule has 0 aromatic carbocycles. The summed E-state index contributed by atoms with van der Waals surface area (Å²) in [7, 11) is 1.99. The lowest BCUT2D eigenvalue weighted by Gasteiger charge is -2.50. The van der Waals surface area contributed by atoms with E-state index >= 15 is 0 Å². The maximum atomic E-state index is 4.56. The molecule has 20 heavy (non-hydrogen) atoms. The number of nitrogens with one attached hydrogen (secondary N) is 1. The Labute approximate surface area is 123 Å². The first-order valence-corrected chi connectivity index (χ1v) is 7.97. The minimum absolute atomic E-state index is 0.281. The standard InChI is InChI=1S/C16H30N4/c1-6-16(7-2)12-17-15(13(3)4)11-20(16)10-14-8-9-19(5)18-14/h8-9,13,15,17H,6-7,10-12H2,1-5H3. The minimum Gasteiger partial charge on any atom is -0.311 e. The van der Waals surface area contributed by atoms with Crippen molar-refractivity contribution in [2.75, 3.05) is 13.1 Å². The van der Waals surface area contributed by atoms with E-state index in [1.807, 2.05) is 17.9 Å². The van der Waals surface area contributed by atoms with Crippen LogP contribution >= 0.6 is 0 Å². The molecular weight excluding hydrogens is 248 g/mol. The molecule has 1 saturated heterocycles. The molecule has 1 aromatic heterocycles. The Morgan fingerprint density at radius 3 is 2.60 bits per heavy atom. The van der Waals surface area contributed by atoms with Crippen molar-refractivity contribution in [1.29, 1.82) is 0 Å². The van der Waals surface area contributed by atoms with Crippen molar-refractivity contribution in [3.8, 4) is 0 Å². The summed E-state index contributed by atoms with van der Waals surface area (Å²) in [6.07, 6.45) is 4.42. The second kappa shape index (κ2) is 6.27. The van der Waals surface area contributed by atoms with Gasteiger partial charge >= 0.3 is 0 Å². The highest BCUT2D eigenvalue weighted by molar-refractivity contribution is 5.04. The molecule has 2 rings (SSSR count). The Kier molecular flexibility index (Phi) is 4.86. The Balaban J connectivity index is 2.17. The lowest BCUT2D eigenvalue weighted by Crippen LogP contribution is -2.64. The maximum absolute atomic E-state index is 4.56. The monoisotopic (exact) mass is 278 g/mol. The van der Waals surface area contributed by atoms with Gasteiger partial charge in [0.1, 0.15) is 0 Å². The predicted octanol–water partition coefficient (Wildman–Crippen LogP) is 2.41. The highest BCUT2D eigenvalue weighted by Crippen LogP contribution is 2.29. The molecule has 1 aliphatic heterocycles. The van der Waals surface area contributed by atoms with Gasteiger partial charge in [0.05, 0.1) is 5.69 Å². The number of rotatable bonds is 5. The molecule has 4 nitrogen and oxygen atoms in total. The zero-order chi connectivity index (χ0) is 14.8. The Bertz CT molecular complexity index is 420. The van der Waals surface area contributed by atoms with Crippen LogP contribution in [0.2, 0.25) is 0 Å². The molecular formula is C16H30N4. The number of nitrogens with zero attached hydrogens (tertiary/aromatic N) is 3. The molecule has 1 unspecified atom stereocenters. The first kappa shape index (κ1) is 15.5. The fourth-order valence-corrected chi connectivity index (χ4v) is 3.30. The van der Waals surface area contributed by atoms with E-state index in [9.17, 15) is 0 Å². The van der Waals surface area contributed by atoms with Gasteiger partial charge in [-0.2, -0.15) is 5.10 Å². The van der Waals surface area contributed by atoms with Crippen molar-refractivity contribution >= 4 is 0 Å². The smallest absolute Gasteiger partial charge is 0.0764 e. The van der Waals surface area contributed by atoms with Crippen LogP contribution in [0.25, 0.3) is 0 Å². The van der Waals surface area contributed by atoms with Crippen molar-refractivity contribution in [1.82, 2.24) is 20.0 Å². The van der Waals surface area contributed by atoms with Gasteiger partial charge in [0, 0.05) is 44.5 Å². The average Bonchev–Trinajstić information content (AvgIpc) is 2.84. The summed E-state index contributed by atoms with van der Waals surface area (Å²) in [6, 6.07) is 2.73. The topological polar surface area (TPSA) is 33.1 Å². The molecule has 1 aromatic rings. The zero-order valence-corrected chi connectivity index (χ0v) is 13.7. The lowest BCUT2D eigenvalue weighted by molar-refractivity contribution is 0.0145. The molecule has 0 aliphatic carbocycles. The molecule has 1 fully saturated rings. The van der Waals surface area contributed by atoms with Gasteiger partial charge in [-0.05, 0) is 24.8 Å². The van der Waals surface area contributed by atoms with Gasteiger partial charge in [-0.25, -0.2) is 0 Å². The summed E-state index contributed by atoms with van der Waals surface area (Å²) >= 11 is 0. The maximum Gasteiger partial charge on any atom is 0.0764 e. The molecule has 4 heteroatoms. The summed E-state index contributed by atoms with van der Waals surface area (Å²) in [4.78, 5) is 2.66. The number of aromatic nitrogens is 2. The zero-order valence-electron chi connectivity index (χ0n) is 13.7. The molecule has 1 aliphatic rings. The fourth-order valence-electron chi connectivity index (χ4n) is 3.30. The SMILES string of the molecule is CCC1(CC)CNC(C(C)C)CN1Cc1ccn(C)n1. The van der Waals surface area contributed by atoms with Gasteiger partial charge in [-0.15, -0.1) is 0 Å². The Morgan fingerprint density at radius 1 is 1.40 bits per heavy atom. The van der Waals surface area contributed by atoms with Crippen LogP contribution in [-0.4, -0.2) is 39.4 Å². The third-order valence-electron chi connectivity index (χ3n) is 5.02. The first-order chi connectivity index (χ1) is 9.50. The van der Waals surface area contributed by atoms with E-state index in [1.54, 1.807) is 0 Å². The van der Waals surface area contributed by atoms with E-state index < -0.39 is 0 Å². The van der Waals surface area contributed by atoms with E-state index in [1.165, 1.54) is 18.5 Å². The van der Waals surface area contributed by atoms with Crippen molar-refractivity contribution in [3.05, 3.63) is 18.0 Å². The van der Waals surface area contributed by atoms with Gasteiger partial charge in [-0.1, -0.05) is 27.7 Å². The molecule has 0 bridgehead atoms. The summed E-state index contributed by atoms with van der Waals surface area (Å²) in [5, 5.41) is 8.33. The largest absolute Gasteiger partial charge is 0.311 e. The van der Waals surface area contributed by atoms with E-state index in [4.69, 9.17) is 0 Å². The predicted molar refractivity (Wildman–Crippen MR) is 83.6 cm³/mol. The third kappa shape index (κ3) is 3.07. The Hall–Kier alpha value is -0.870. The van der Waals surface area contributed by atoms with Gasteiger partial charge < -0.3 is 5.32 Å². The highest BCUT2D eigenvalue weighted by Gasteiger charge is 2.39. The van der Waals surface area contributed by atoms with Crippen molar-refractivity contribution in [3.63, 3.8) is 0 Å². The molecule has 0 radical (unpaired) electrons. The molecule has 2 heterocycles. The van der Waals surface area contributed by atoms with Crippen LogP contribution < -0.4 is 5.32 Å². The van der Waals surface area contributed by atoms with Crippen LogP contribution in [-0.2, 0) is 13.6 Å². The van der Waals surface area contributed by atoms with Crippen LogP contribution in [0, 0.1) is 5.92 Å². The van der Waals surface area contributed by atoms with E-state index in [0.29, 0.717) is 12.0 Å². The first-order valence-electron chi connectivity index (χ1n) is 7.97. The lowest BCUT2D eigenvalue weighted by atomic mass is 9.85. The second-order valence-electron chi connectivity index (χ2n) is 6.52. The van der Waals surface area contributed by atoms with Gasteiger partial charge in [0.15, 0.2) is 0 Å². The van der Waals surface area contributed by atoms with Crippen LogP contribution in [0.3, 0.4) is 0 Å². The van der Waals surface area contributed by atoms with Crippen LogP contribution in [0.4, 0.5) is 0 Å². The van der Waals surface area contributed by atoms with Gasteiger partial charge in [0.25, 0.3) is 0 Å². The number of aryl methyl sites for hydroxylation is 1. The summed E-state index contributed by atoms with van der Waals surface area (Å²) in [6.45, 7) is 12.4. The van der Waals surface area contributed by atoms with E-state index in [2.05, 4.69) is 49.1 Å². The highest BCUT2D eigenvalue weighted by atomic mass is 15.3. The number of piperazine rings is 1. The van der Waals surface area contributed by atoms with Crippen LogP contribution in [0.1, 0.15) is 46.2 Å². The van der Waals surface area contributed by atoms with E-state index in [-0.39, 0.29) is 5.54 Å². The average molecular weight is 278 g/mol. The quantitative estimate of drug-likeness (QED) is 0.898. The number of hydrogen-bond acceptors (Lipinski definition) is 3. The number of hydrogen-bond donors (Lipinski definition) is 1. The summed E-state index contributed by atoms with van der Waals surface area (Å²) < 4.78 is 1.90. The second-order valence-corrected chi connectivity index (χ2v) is 6.52. The van der Waals surface area contributed by atoms with E-state index in [0.717, 1.165) is 19.6 Å². The van der Waals surface area contributed by atoms with Crippen molar-refractivity contribution in [2.45, 2.75) is 58.7 Å². The van der Waals surface area contributed by atoms with Crippen molar-refractivity contribution in [2.24, 2.45) is 13.0 Å². The molecule has 0 amide bonds. The molecule has 1 N–H and O–H groups in total. The van der Waals surface area contributed by atoms with Gasteiger partial charge in [-0.3, -0.25) is 9.58 Å². The van der Waals surface area contributed by atoms with Gasteiger partial charge in [0.2, 0.25) is 0 Å². The van der Waals surface area contributed by atoms with Crippen LogP contribution in [0.5, 0.6) is 0 Å². The normalized spacial score (nSPS) is 23.4. The van der Waals surface area contributed by atoms with Crippen molar-refractivity contribution < 1.29 is 0 Å². The Morgan fingerprint density at radius 2 is 2.10 bits per heavy atom.